The molecule has 2 atom stereocenters. The number of nitrogens with one attached hydrogen (secondary N) is 1. The summed E-state index contributed by atoms with van der Waals surface area (Å²) >= 11 is 0. The quantitative estimate of drug-likeness (QED) is 0.887. The predicted molar refractivity (Wildman–Crippen MR) is 97.0 cm³/mol. The Bertz CT molecular complexity index is 690. The van der Waals surface area contributed by atoms with Crippen molar-refractivity contribution >= 4 is 0 Å². The monoisotopic (exact) mass is 322 g/mol. The van der Waals surface area contributed by atoms with E-state index in [4.69, 9.17) is 0 Å². The first-order chi connectivity index (χ1) is 11.7. The lowest BCUT2D eigenvalue weighted by atomic mass is 9.65. The second-order valence-electron chi connectivity index (χ2n) is 7.80. The number of hydrogen-bond acceptors (Lipinski definition) is 1. The molecule has 5 rings (SSSR count). The third-order valence-corrected chi connectivity index (χ3v) is 6.36. The highest BCUT2D eigenvalue weighted by Gasteiger charge is 2.50. The summed E-state index contributed by atoms with van der Waals surface area (Å²) in [6.07, 6.45) is 3.25. The van der Waals surface area contributed by atoms with Crippen LogP contribution in [0.25, 0.3) is 0 Å². The van der Waals surface area contributed by atoms with Gasteiger partial charge in [0.1, 0.15) is 5.60 Å². The lowest BCUT2D eigenvalue weighted by molar-refractivity contribution is -0.922. The highest BCUT2D eigenvalue weighted by atomic mass is 16.3. The third-order valence-electron chi connectivity index (χ3n) is 6.36. The summed E-state index contributed by atoms with van der Waals surface area (Å²) in [5, 5.41) is 12.1. The van der Waals surface area contributed by atoms with E-state index in [1.807, 2.05) is 0 Å². The van der Waals surface area contributed by atoms with Gasteiger partial charge in [-0.1, -0.05) is 54.6 Å². The van der Waals surface area contributed by atoms with Gasteiger partial charge in [0, 0.05) is 25.2 Å². The molecule has 3 aliphatic heterocycles. The maximum absolute atomic E-state index is 12.1. The molecule has 126 valence electrons. The molecule has 3 aliphatic rings. The van der Waals surface area contributed by atoms with Gasteiger partial charge in [0.15, 0.2) is 0 Å². The Kier molecular flexibility index (Phi) is 4.19. The average Bonchev–Trinajstić information content (AvgIpc) is 2.64. The van der Waals surface area contributed by atoms with Crippen molar-refractivity contribution in [3.63, 3.8) is 0 Å². The van der Waals surface area contributed by atoms with Crippen molar-refractivity contribution in [1.29, 1.82) is 0 Å². The second kappa shape index (κ2) is 6.34. The van der Waals surface area contributed by atoms with Gasteiger partial charge in [-0.05, 0) is 29.5 Å². The maximum Gasteiger partial charge on any atom is 0.102 e. The number of aliphatic hydroxyl groups is 1. The van der Waals surface area contributed by atoms with E-state index in [1.165, 1.54) is 37.1 Å². The SMILES string of the molecule is Cc1ccccc1C(O)(Cc1ccccc1)C1C[NH+]2CCC1CC2. The van der Waals surface area contributed by atoms with E-state index in [9.17, 15) is 5.11 Å². The van der Waals surface area contributed by atoms with Crippen molar-refractivity contribution in [2.75, 3.05) is 19.6 Å². The molecule has 3 saturated heterocycles. The number of piperidine rings is 3. The number of fused-ring (bicyclic) bond motifs is 3. The first kappa shape index (κ1) is 15.9. The topological polar surface area (TPSA) is 24.7 Å². The summed E-state index contributed by atoms with van der Waals surface area (Å²) < 4.78 is 0. The van der Waals surface area contributed by atoms with Gasteiger partial charge in [-0.15, -0.1) is 0 Å². The number of rotatable bonds is 4. The summed E-state index contributed by atoms with van der Waals surface area (Å²) in [4.78, 5) is 1.68. The van der Waals surface area contributed by atoms with Crippen LogP contribution in [-0.2, 0) is 12.0 Å². The third kappa shape index (κ3) is 2.78. The van der Waals surface area contributed by atoms with Crippen LogP contribution in [-0.4, -0.2) is 24.7 Å². The highest BCUT2D eigenvalue weighted by Crippen LogP contribution is 2.42. The molecule has 2 bridgehead atoms. The fraction of sp³-hybridized carbons (Fsp3) is 0.455. The van der Waals surface area contributed by atoms with Crippen molar-refractivity contribution < 1.29 is 10.0 Å². The molecule has 2 aromatic rings. The van der Waals surface area contributed by atoms with Crippen LogP contribution in [0.3, 0.4) is 0 Å². The molecule has 2 aromatic carbocycles. The van der Waals surface area contributed by atoms with Gasteiger partial charge >= 0.3 is 0 Å². The van der Waals surface area contributed by atoms with E-state index in [0.717, 1.165) is 12.1 Å². The molecule has 2 nitrogen and oxygen atoms in total. The van der Waals surface area contributed by atoms with E-state index >= 15 is 0 Å². The van der Waals surface area contributed by atoms with Gasteiger partial charge in [-0.25, -0.2) is 0 Å². The van der Waals surface area contributed by atoms with E-state index in [0.29, 0.717) is 18.3 Å². The molecule has 0 saturated carbocycles. The number of hydrogen-bond donors (Lipinski definition) is 2. The van der Waals surface area contributed by atoms with Crippen LogP contribution < -0.4 is 4.90 Å². The smallest absolute Gasteiger partial charge is 0.102 e. The minimum atomic E-state index is -0.760. The minimum absolute atomic E-state index is 0.358. The molecule has 24 heavy (non-hydrogen) atoms. The molecular weight excluding hydrogens is 294 g/mol. The molecule has 0 aromatic heterocycles. The van der Waals surface area contributed by atoms with Crippen molar-refractivity contribution in [3.8, 4) is 0 Å². The fourth-order valence-corrected chi connectivity index (χ4v) is 5.08. The highest BCUT2D eigenvalue weighted by molar-refractivity contribution is 5.34. The van der Waals surface area contributed by atoms with E-state index in [-0.39, 0.29) is 0 Å². The summed E-state index contributed by atoms with van der Waals surface area (Å²) in [6.45, 7) is 5.83. The van der Waals surface area contributed by atoms with Gasteiger partial charge in [-0.2, -0.15) is 0 Å². The second-order valence-corrected chi connectivity index (χ2v) is 7.80. The van der Waals surface area contributed by atoms with Crippen molar-refractivity contribution in [1.82, 2.24) is 0 Å². The van der Waals surface area contributed by atoms with Gasteiger partial charge in [0.2, 0.25) is 0 Å². The van der Waals surface area contributed by atoms with Crippen LogP contribution in [0.15, 0.2) is 54.6 Å². The normalized spacial score (nSPS) is 28.5. The Morgan fingerprint density at radius 1 is 1.00 bits per heavy atom. The van der Waals surface area contributed by atoms with Crippen molar-refractivity contribution in [3.05, 3.63) is 71.3 Å². The first-order valence-electron chi connectivity index (χ1n) is 9.33. The molecule has 3 fully saturated rings. The maximum atomic E-state index is 12.1. The zero-order chi connectivity index (χ0) is 16.6. The Hall–Kier alpha value is -1.64. The predicted octanol–water partition coefficient (Wildman–Crippen LogP) is 2.35. The molecule has 3 heterocycles. The number of aryl methyl sites for hydroxylation is 1. The lowest BCUT2D eigenvalue weighted by Crippen LogP contribution is -3.16. The summed E-state index contributed by atoms with van der Waals surface area (Å²) in [6, 6.07) is 18.9. The molecule has 0 radical (unpaired) electrons. The zero-order valence-electron chi connectivity index (χ0n) is 14.5. The zero-order valence-corrected chi connectivity index (χ0v) is 14.5. The Labute approximate surface area is 145 Å². The average molecular weight is 322 g/mol. The largest absolute Gasteiger partial charge is 0.384 e. The van der Waals surface area contributed by atoms with Crippen LogP contribution in [0.1, 0.15) is 29.5 Å². The van der Waals surface area contributed by atoms with Gasteiger partial charge in [0.25, 0.3) is 0 Å². The molecular formula is C22H28NO+. The van der Waals surface area contributed by atoms with Crippen molar-refractivity contribution in [2.45, 2.75) is 31.8 Å². The molecule has 0 amide bonds. The minimum Gasteiger partial charge on any atom is -0.384 e. The van der Waals surface area contributed by atoms with Gasteiger partial charge in [0.05, 0.1) is 19.6 Å². The lowest BCUT2D eigenvalue weighted by Gasteiger charge is -2.49. The van der Waals surface area contributed by atoms with Gasteiger partial charge in [-0.3, -0.25) is 0 Å². The van der Waals surface area contributed by atoms with Gasteiger partial charge < -0.3 is 10.0 Å². The van der Waals surface area contributed by atoms with Crippen molar-refractivity contribution in [2.24, 2.45) is 11.8 Å². The first-order valence-corrected chi connectivity index (χ1v) is 9.33. The Balaban J connectivity index is 1.76. The van der Waals surface area contributed by atoms with Crippen LogP contribution >= 0.6 is 0 Å². The summed E-state index contributed by atoms with van der Waals surface area (Å²) in [5.41, 5.74) is 2.81. The Morgan fingerprint density at radius 2 is 1.67 bits per heavy atom. The van der Waals surface area contributed by atoms with Crippen LogP contribution in [0.4, 0.5) is 0 Å². The van der Waals surface area contributed by atoms with E-state index in [1.54, 1.807) is 4.90 Å². The molecule has 2 heteroatoms. The fourth-order valence-electron chi connectivity index (χ4n) is 5.08. The molecule has 0 spiro atoms. The van der Waals surface area contributed by atoms with Crippen LogP contribution in [0.5, 0.6) is 0 Å². The number of quaternary nitrogens is 1. The summed E-state index contributed by atoms with van der Waals surface area (Å²) in [5.74, 6) is 1.02. The molecule has 2 N–H and O–H groups in total. The Morgan fingerprint density at radius 3 is 2.29 bits per heavy atom. The summed E-state index contributed by atoms with van der Waals surface area (Å²) in [7, 11) is 0. The van der Waals surface area contributed by atoms with Crippen LogP contribution in [0, 0.1) is 18.8 Å². The standard InChI is InChI=1S/C22H27NO/c1-17-7-5-6-10-20(17)22(24,15-18-8-3-2-4-9-18)21-16-23-13-11-19(21)12-14-23/h2-10,19,21,24H,11-16H2,1H3/p+1. The van der Waals surface area contributed by atoms with E-state index in [2.05, 4.69) is 61.5 Å². The molecule has 2 unspecified atom stereocenters. The van der Waals surface area contributed by atoms with E-state index < -0.39 is 5.60 Å². The number of benzene rings is 2. The van der Waals surface area contributed by atoms with Crippen LogP contribution in [0.2, 0.25) is 0 Å². The molecule has 0 aliphatic carbocycles.